The molecule has 1 aromatic carbocycles. The van der Waals surface area contributed by atoms with Gasteiger partial charge in [-0.1, -0.05) is 0 Å². The highest BCUT2D eigenvalue weighted by Gasteiger charge is 2.27. The second-order valence-corrected chi connectivity index (χ2v) is 8.77. The Hall–Kier alpha value is -3.39. The first kappa shape index (κ1) is 21.8. The second kappa shape index (κ2) is 7.94. The van der Waals surface area contributed by atoms with E-state index in [1.54, 1.807) is 0 Å². The summed E-state index contributed by atoms with van der Waals surface area (Å²) in [7, 11) is -2.97. The lowest BCUT2D eigenvalue weighted by atomic mass is 10.1. The molecule has 0 atom stereocenters. The molecule has 11 nitrogen and oxygen atoms in total. The van der Waals surface area contributed by atoms with Crippen LogP contribution >= 0.6 is 0 Å². The summed E-state index contributed by atoms with van der Waals surface area (Å²) < 4.78 is 59.2. The summed E-state index contributed by atoms with van der Waals surface area (Å²) >= 11 is 0. The van der Waals surface area contributed by atoms with Crippen LogP contribution in [0.4, 0.5) is 13.6 Å². The Morgan fingerprint density at radius 2 is 1.88 bits per heavy atom. The van der Waals surface area contributed by atoms with E-state index in [4.69, 9.17) is 15.0 Å². The Morgan fingerprint density at radius 1 is 1.19 bits per heavy atom. The molecular formula is C18H18F2N6O5S. The minimum absolute atomic E-state index is 0.0883. The fourth-order valence-electron chi connectivity index (χ4n) is 3.62. The number of aryl methyl sites for hydroxylation is 1. The molecule has 0 saturated carbocycles. The number of rotatable bonds is 4. The van der Waals surface area contributed by atoms with Gasteiger partial charge in [0.15, 0.2) is 5.52 Å². The molecule has 2 aromatic heterocycles. The van der Waals surface area contributed by atoms with E-state index in [0.717, 1.165) is 6.07 Å². The quantitative estimate of drug-likeness (QED) is 0.584. The van der Waals surface area contributed by atoms with Crippen LogP contribution in [0.5, 0.6) is 5.88 Å². The van der Waals surface area contributed by atoms with E-state index in [0.29, 0.717) is 32.0 Å². The third kappa shape index (κ3) is 3.93. The number of halogens is 2. The van der Waals surface area contributed by atoms with Crippen LogP contribution < -0.4 is 9.88 Å². The standard InChI is InChI=1S/C18H18F2N6O5S/c1-25-16(10-6-12(20)13(7-11(10)19)32(21,29)30)14-15(24-25)17(23-8-22-14)31-9-2-4-26(5-3-9)18(27)28/h6-9H,2-5H2,1H3,(H,27,28)(H2,21,29,30). The molecular weight excluding hydrogens is 450 g/mol. The number of likely N-dealkylation sites (tertiary alicyclic amines) is 1. The van der Waals surface area contributed by atoms with Crippen molar-refractivity contribution in [1.82, 2.24) is 24.6 Å². The normalized spacial score (nSPS) is 15.3. The lowest BCUT2D eigenvalue weighted by Gasteiger charge is -2.29. The molecule has 32 heavy (non-hydrogen) atoms. The molecule has 1 saturated heterocycles. The van der Waals surface area contributed by atoms with Gasteiger partial charge in [-0.15, -0.1) is 0 Å². The third-order valence-electron chi connectivity index (χ3n) is 5.16. The number of nitrogens with two attached hydrogens (primary N) is 1. The second-order valence-electron chi connectivity index (χ2n) is 7.24. The van der Waals surface area contributed by atoms with Gasteiger partial charge in [-0.25, -0.2) is 32.1 Å². The zero-order valence-electron chi connectivity index (χ0n) is 16.7. The first-order chi connectivity index (χ1) is 15.1. The number of amides is 1. The Balaban J connectivity index is 1.71. The van der Waals surface area contributed by atoms with Gasteiger partial charge >= 0.3 is 6.09 Å². The van der Waals surface area contributed by atoms with E-state index in [2.05, 4.69) is 15.1 Å². The average molecular weight is 468 g/mol. The summed E-state index contributed by atoms with van der Waals surface area (Å²) in [5.41, 5.74) is 0.188. The van der Waals surface area contributed by atoms with Crippen molar-refractivity contribution >= 4 is 27.1 Å². The number of aromatic nitrogens is 4. The van der Waals surface area contributed by atoms with E-state index in [9.17, 15) is 22.0 Å². The molecule has 0 aliphatic carbocycles. The predicted molar refractivity (Wildman–Crippen MR) is 106 cm³/mol. The van der Waals surface area contributed by atoms with Gasteiger partial charge in [0.05, 0.1) is 5.69 Å². The van der Waals surface area contributed by atoms with Crippen LogP contribution in [0.15, 0.2) is 23.4 Å². The van der Waals surface area contributed by atoms with Crippen molar-refractivity contribution in [2.24, 2.45) is 12.2 Å². The highest BCUT2D eigenvalue weighted by molar-refractivity contribution is 7.89. The fourth-order valence-corrected chi connectivity index (χ4v) is 4.22. The van der Waals surface area contributed by atoms with Gasteiger partial charge in [0.25, 0.3) is 0 Å². The summed E-state index contributed by atoms with van der Waals surface area (Å²) in [6.45, 7) is 0.616. The molecule has 0 unspecified atom stereocenters. The molecule has 170 valence electrons. The molecule has 3 N–H and O–H groups in total. The number of hydrogen-bond acceptors (Lipinski definition) is 7. The maximum absolute atomic E-state index is 14.8. The van der Waals surface area contributed by atoms with Crippen LogP contribution in [0.3, 0.4) is 0 Å². The molecule has 1 aliphatic heterocycles. The first-order valence-corrected chi connectivity index (χ1v) is 11.0. The van der Waals surface area contributed by atoms with Crippen LogP contribution in [-0.2, 0) is 17.1 Å². The summed E-state index contributed by atoms with van der Waals surface area (Å²) in [5.74, 6) is -2.12. The van der Waals surface area contributed by atoms with Crippen LogP contribution in [0.25, 0.3) is 22.3 Å². The number of ether oxygens (including phenoxy) is 1. The molecule has 4 rings (SSSR count). The van der Waals surface area contributed by atoms with Gasteiger partial charge < -0.3 is 14.7 Å². The van der Waals surface area contributed by atoms with Crippen LogP contribution in [0.1, 0.15) is 12.8 Å². The summed E-state index contributed by atoms with van der Waals surface area (Å²) in [6.07, 6.45) is 0.781. The highest BCUT2D eigenvalue weighted by atomic mass is 32.2. The minimum Gasteiger partial charge on any atom is -0.473 e. The van der Waals surface area contributed by atoms with E-state index in [-0.39, 0.29) is 34.3 Å². The molecule has 3 aromatic rings. The number of primary sulfonamides is 1. The Kier molecular flexibility index (Phi) is 5.42. The molecule has 1 amide bonds. The molecule has 14 heteroatoms. The number of fused-ring (bicyclic) bond motifs is 1. The van der Waals surface area contributed by atoms with Crippen molar-refractivity contribution in [1.29, 1.82) is 0 Å². The van der Waals surface area contributed by atoms with Crippen molar-refractivity contribution in [3.8, 4) is 17.1 Å². The molecule has 1 aliphatic rings. The van der Waals surface area contributed by atoms with E-state index >= 15 is 0 Å². The SMILES string of the molecule is Cn1nc2c(OC3CCN(C(=O)O)CC3)ncnc2c1-c1cc(F)c(S(N)(=O)=O)cc1F. The molecule has 0 spiro atoms. The Labute approximate surface area is 180 Å². The highest BCUT2D eigenvalue weighted by Crippen LogP contribution is 2.34. The monoisotopic (exact) mass is 468 g/mol. The third-order valence-corrected chi connectivity index (χ3v) is 6.09. The lowest BCUT2D eigenvalue weighted by Crippen LogP contribution is -2.41. The van der Waals surface area contributed by atoms with Crippen molar-refractivity contribution in [3.05, 3.63) is 30.1 Å². The zero-order chi connectivity index (χ0) is 23.2. The number of hydrogen-bond donors (Lipinski definition) is 2. The number of carbonyl (C=O) groups is 1. The van der Waals surface area contributed by atoms with Crippen molar-refractivity contribution < 1.29 is 31.8 Å². The summed E-state index contributed by atoms with van der Waals surface area (Å²) in [6, 6.07) is 1.23. The number of carboxylic acid groups (broad SMARTS) is 1. The van der Waals surface area contributed by atoms with E-state index in [1.807, 2.05) is 0 Å². The van der Waals surface area contributed by atoms with Crippen molar-refractivity contribution in [2.45, 2.75) is 23.8 Å². The summed E-state index contributed by atoms with van der Waals surface area (Å²) in [5, 5.41) is 18.2. The molecule has 3 heterocycles. The van der Waals surface area contributed by atoms with Gasteiger partial charge in [-0.3, -0.25) is 4.68 Å². The minimum atomic E-state index is -4.45. The van der Waals surface area contributed by atoms with Crippen LogP contribution in [-0.4, -0.2) is 63.5 Å². The number of piperidine rings is 1. The fraction of sp³-hybridized carbons (Fsp3) is 0.333. The topological polar surface area (TPSA) is 154 Å². The van der Waals surface area contributed by atoms with E-state index < -0.39 is 32.6 Å². The van der Waals surface area contributed by atoms with Crippen LogP contribution in [0.2, 0.25) is 0 Å². The largest absolute Gasteiger partial charge is 0.473 e. The van der Waals surface area contributed by atoms with E-state index in [1.165, 1.54) is 23.0 Å². The Bertz CT molecular complexity index is 1320. The number of sulfonamides is 1. The molecule has 0 bridgehead atoms. The first-order valence-electron chi connectivity index (χ1n) is 9.40. The lowest BCUT2D eigenvalue weighted by molar-refractivity contribution is 0.0878. The van der Waals surface area contributed by atoms with Crippen molar-refractivity contribution in [3.63, 3.8) is 0 Å². The molecule has 0 radical (unpaired) electrons. The van der Waals surface area contributed by atoms with Gasteiger partial charge in [0.2, 0.25) is 15.9 Å². The maximum Gasteiger partial charge on any atom is 0.407 e. The summed E-state index contributed by atoms with van der Waals surface area (Å²) in [4.78, 5) is 19.6. The predicted octanol–water partition coefficient (Wildman–Crippen LogP) is 1.48. The van der Waals surface area contributed by atoms with Gasteiger partial charge in [0.1, 0.15) is 34.5 Å². The number of benzene rings is 1. The van der Waals surface area contributed by atoms with Crippen LogP contribution in [0, 0.1) is 11.6 Å². The smallest absolute Gasteiger partial charge is 0.407 e. The van der Waals surface area contributed by atoms with Gasteiger partial charge in [0, 0.05) is 38.5 Å². The molecule has 1 fully saturated rings. The van der Waals surface area contributed by atoms with Gasteiger partial charge in [-0.2, -0.15) is 10.1 Å². The maximum atomic E-state index is 14.8. The van der Waals surface area contributed by atoms with Gasteiger partial charge in [-0.05, 0) is 12.1 Å². The Morgan fingerprint density at radius 3 is 2.50 bits per heavy atom. The van der Waals surface area contributed by atoms with Crippen molar-refractivity contribution in [2.75, 3.05) is 13.1 Å². The zero-order valence-corrected chi connectivity index (χ0v) is 17.5. The number of nitrogens with zero attached hydrogens (tertiary/aromatic N) is 5. The average Bonchev–Trinajstić information content (AvgIpc) is 3.06.